The van der Waals surface area contributed by atoms with Crippen LogP contribution >= 0.6 is 0 Å². The summed E-state index contributed by atoms with van der Waals surface area (Å²) in [6, 6.07) is 6.32. The van der Waals surface area contributed by atoms with Gasteiger partial charge in [0, 0.05) is 19.2 Å². The smallest absolute Gasteiger partial charge is 0.222 e. The normalized spacial score (nSPS) is 11.8. The first-order valence-corrected chi connectivity index (χ1v) is 7.25. The van der Waals surface area contributed by atoms with Gasteiger partial charge in [-0.3, -0.25) is 0 Å². The Balaban J connectivity index is 2.52. The predicted molar refractivity (Wildman–Crippen MR) is 85.8 cm³/mol. The Kier molecular flexibility index (Phi) is 4.10. The van der Waals surface area contributed by atoms with E-state index in [1.807, 2.05) is 14.0 Å². The fourth-order valence-electron chi connectivity index (χ4n) is 2.48. The number of benzene rings is 1. The summed E-state index contributed by atoms with van der Waals surface area (Å²) >= 11 is 0. The van der Waals surface area contributed by atoms with Gasteiger partial charge in [0.05, 0.1) is 11.3 Å². The number of aromatic nitrogens is 2. The molecule has 0 atom stereocenters. The van der Waals surface area contributed by atoms with Gasteiger partial charge < -0.3 is 10.5 Å². The third kappa shape index (κ3) is 3.10. The van der Waals surface area contributed by atoms with Crippen molar-refractivity contribution in [3.63, 3.8) is 0 Å². The number of nitrogens with zero attached hydrogens (tertiary/aromatic N) is 2. The maximum absolute atomic E-state index is 6.21. The van der Waals surface area contributed by atoms with E-state index in [1.54, 1.807) is 4.68 Å². The van der Waals surface area contributed by atoms with Crippen molar-refractivity contribution >= 4 is 0 Å². The molecule has 0 aliphatic carbocycles. The van der Waals surface area contributed by atoms with Gasteiger partial charge >= 0.3 is 0 Å². The van der Waals surface area contributed by atoms with Crippen LogP contribution in [0.25, 0.3) is 0 Å². The zero-order valence-electron chi connectivity index (χ0n) is 13.8. The molecule has 0 radical (unpaired) electrons. The Morgan fingerprint density at radius 2 is 1.90 bits per heavy atom. The van der Waals surface area contributed by atoms with Crippen molar-refractivity contribution in [2.24, 2.45) is 12.8 Å². The lowest BCUT2D eigenvalue weighted by molar-refractivity contribution is 0.409. The molecule has 0 bridgehead atoms. The zero-order chi connectivity index (χ0) is 15.8. The topological polar surface area (TPSA) is 53.1 Å². The molecule has 0 aliphatic heterocycles. The highest BCUT2D eigenvalue weighted by Gasteiger charge is 2.22. The van der Waals surface area contributed by atoms with Gasteiger partial charge in [0.15, 0.2) is 0 Å². The summed E-state index contributed by atoms with van der Waals surface area (Å²) in [4.78, 5) is 0. The standard InChI is InChI=1S/C17H25N3O/c1-11-7-8-14(17(3,4)5)15(9-11)21-16-13(10-18)12(2)19-20(16)6/h7-9H,10,18H2,1-6H3. The van der Waals surface area contributed by atoms with Crippen LogP contribution in [0.15, 0.2) is 18.2 Å². The van der Waals surface area contributed by atoms with Crippen LogP contribution in [0.5, 0.6) is 11.6 Å². The van der Waals surface area contributed by atoms with Crippen molar-refractivity contribution in [2.75, 3.05) is 0 Å². The van der Waals surface area contributed by atoms with Gasteiger partial charge in [-0.05, 0) is 30.9 Å². The molecule has 0 aliphatic rings. The molecule has 2 aromatic rings. The molecule has 0 unspecified atom stereocenters. The highest BCUT2D eigenvalue weighted by molar-refractivity contribution is 5.44. The molecule has 0 fully saturated rings. The first kappa shape index (κ1) is 15.6. The summed E-state index contributed by atoms with van der Waals surface area (Å²) in [5.74, 6) is 1.60. The molecule has 4 nitrogen and oxygen atoms in total. The quantitative estimate of drug-likeness (QED) is 0.938. The Labute approximate surface area is 126 Å². The molecule has 2 rings (SSSR count). The molecular weight excluding hydrogens is 262 g/mol. The third-order valence-corrected chi connectivity index (χ3v) is 3.64. The fourth-order valence-corrected chi connectivity index (χ4v) is 2.48. The molecule has 0 saturated heterocycles. The monoisotopic (exact) mass is 287 g/mol. The summed E-state index contributed by atoms with van der Waals surface area (Å²) in [6.45, 7) is 11.0. The van der Waals surface area contributed by atoms with E-state index < -0.39 is 0 Å². The van der Waals surface area contributed by atoms with Crippen molar-refractivity contribution < 1.29 is 4.74 Å². The number of rotatable bonds is 3. The van der Waals surface area contributed by atoms with Crippen LogP contribution in [0.3, 0.4) is 0 Å². The number of hydrogen-bond acceptors (Lipinski definition) is 3. The molecular formula is C17H25N3O. The fraction of sp³-hybridized carbons (Fsp3) is 0.471. The SMILES string of the molecule is Cc1ccc(C(C)(C)C)c(Oc2c(CN)c(C)nn2C)c1. The summed E-state index contributed by atoms with van der Waals surface area (Å²) in [7, 11) is 1.88. The minimum atomic E-state index is 0.0134. The van der Waals surface area contributed by atoms with Gasteiger partial charge in [-0.25, -0.2) is 4.68 Å². The van der Waals surface area contributed by atoms with Crippen molar-refractivity contribution in [2.45, 2.75) is 46.6 Å². The molecule has 4 heteroatoms. The number of nitrogens with two attached hydrogens (primary N) is 1. The van der Waals surface area contributed by atoms with E-state index in [1.165, 1.54) is 11.1 Å². The first-order chi connectivity index (χ1) is 9.74. The Hall–Kier alpha value is -1.81. The van der Waals surface area contributed by atoms with Crippen LogP contribution in [-0.2, 0) is 19.0 Å². The van der Waals surface area contributed by atoms with E-state index >= 15 is 0 Å². The molecule has 2 N–H and O–H groups in total. The van der Waals surface area contributed by atoms with Crippen molar-refractivity contribution in [3.8, 4) is 11.6 Å². The van der Waals surface area contributed by atoms with E-state index in [0.29, 0.717) is 6.54 Å². The highest BCUT2D eigenvalue weighted by atomic mass is 16.5. The van der Waals surface area contributed by atoms with Crippen LogP contribution in [-0.4, -0.2) is 9.78 Å². The van der Waals surface area contributed by atoms with Crippen LogP contribution in [0.1, 0.15) is 43.2 Å². The molecule has 0 amide bonds. The molecule has 114 valence electrons. The largest absolute Gasteiger partial charge is 0.439 e. The minimum Gasteiger partial charge on any atom is -0.439 e. The summed E-state index contributed by atoms with van der Waals surface area (Å²) in [5.41, 5.74) is 10.1. The molecule has 21 heavy (non-hydrogen) atoms. The van der Waals surface area contributed by atoms with Crippen LogP contribution in [0, 0.1) is 13.8 Å². The lowest BCUT2D eigenvalue weighted by Crippen LogP contribution is -2.13. The van der Waals surface area contributed by atoms with Crippen LogP contribution < -0.4 is 10.5 Å². The van der Waals surface area contributed by atoms with E-state index in [-0.39, 0.29) is 5.41 Å². The number of ether oxygens (including phenoxy) is 1. The Morgan fingerprint density at radius 3 is 2.48 bits per heavy atom. The maximum Gasteiger partial charge on any atom is 0.222 e. The maximum atomic E-state index is 6.21. The Bertz CT molecular complexity index is 651. The van der Waals surface area contributed by atoms with E-state index in [9.17, 15) is 0 Å². The first-order valence-electron chi connectivity index (χ1n) is 7.25. The third-order valence-electron chi connectivity index (χ3n) is 3.64. The zero-order valence-corrected chi connectivity index (χ0v) is 13.8. The van der Waals surface area contributed by atoms with Crippen molar-refractivity contribution in [3.05, 3.63) is 40.6 Å². The summed E-state index contributed by atoms with van der Waals surface area (Å²) < 4.78 is 7.97. The number of hydrogen-bond donors (Lipinski definition) is 1. The van der Waals surface area contributed by atoms with Gasteiger partial charge in [-0.2, -0.15) is 5.10 Å². The van der Waals surface area contributed by atoms with Crippen LogP contribution in [0.4, 0.5) is 0 Å². The minimum absolute atomic E-state index is 0.0134. The number of aryl methyl sites for hydroxylation is 3. The van der Waals surface area contributed by atoms with Crippen molar-refractivity contribution in [1.82, 2.24) is 9.78 Å². The summed E-state index contributed by atoms with van der Waals surface area (Å²) in [5, 5.41) is 4.40. The predicted octanol–water partition coefficient (Wildman–Crippen LogP) is 3.59. The lowest BCUT2D eigenvalue weighted by Gasteiger charge is -2.23. The van der Waals surface area contributed by atoms with E-state index in [0.717, 1.165) is 22.9 Å². The second-order valence-corrected chi connectivity index (χ2v) is 6.55. The van der Waals surface area contributed by atoms with E-state index in [2.05, 4.69) is 51.0 Å². The van der Waals surface area contributed by atoms with Gasteiger partial charge in [0.25, 0.3) is 0 Å². The average molecular weight is 287 g/mol. The van der Waals surface area contributed by atoms with Gasteiger partial charge in [0.1, 0.15) is 5.75 Å². The average Bonchev–Trinajstić information content (AvgIpc) is 2.62. The second kappa shape index (κ2) is 5.53. The van der Waals surface area contributed by atoms with Gasteiger partial charge in [-0.1, -0.05) is 32.9 Å². The molecule has 1 aromatic heterocycles. The lowest BCUT2D eigenvalue weighted by atomic mass is 9.86. The molecule has 1 aromatic carbocycles. The molecule has 0 spiro atoms. The Morgan fingerprint density at radius 1 is 1.24 bits per heavy atom. The van der Waals surface area contributed by atoms with Gasteiger partial charge in [0.2, 0.25) is 5.88 Å². The van der Waals surface area contributed by atoms with Gasteiger partial charge in [-0.15, -0.1) is 0 Å². The molecule has 1 heterocycles. The second-order valence-electron chi connectivity index (χ2n) is 6.55. The van der Waals surface area contributed by atoms with Crippen molar-refractivity contribution in [1.29, 1.82) is 0 Å². The highest BCUT2D eigenvalue weighted by Crippen LogP contribution is 2.36. The van der Waals surface area contributed by atoms with Crippen LogP contribution in [0.2, 0.25) is 0 Å². The molecule has 0 saturated carbocycles. The van der Waals surface area contributed by atoms with E-state index in [4.69, 9.17) is 10.5 Å². The summed E-state index contributed by atoms with van der Waals surface area (Å²) in [6.07, 6.45) is 0.